The van der Waals surface area contributed by atoms with Crippen molar-refractivity contribution in [1.29, 1.82) is 0 Å². The van der Waals surface area contributed by atoms with Gasteiger partial charge in [0.15, 0.2) is 0 Å². The fourth-order valence-corrected chi connectivity index (χ4v) is 1.41. The first-order chi connectivity index (χ1) is 4.18. The Bertz CT molecular complexity index is 102. The quantitative estimate of drug-likeness (QED) is 0.541. The smallest absolute Gasteiger partial charge is 0.147 e. The van der Waals surface area contributed by atoms with Crippen LogP contribution in [0.3, 0.4) is 0 Å². The number of hydrogen-bond acceptors (Lipinski definition) is 0. The first-order valence-electron chi connectivity index (χ1n) is 3.20. The number of hydrogen-bond donors (Lipinski definition) is 0. The summed E-state index contributed by atoms with van der Waals surface area (Å²) in [6, 6.07) is 0. The molecule has 2 heteroatoms. The van der Waals surface area contributed by atoms with E-state index in [1.54, 1.807) is 0 Å². The Kier molecular flexibility index (Phi) is 8.29. The van der Waals surface area contributed by atoms with Crippen molar-refractivity contribution in [1.82, 2.24) is 0 Å². The third kappa shape index (κ3) is 4.39. The van der Waals surface area contributed by atoms with Gasteiger partial charge in [-0.1, -0.05) is 0 Å². The molecule has 0 saturated heterocycles. The van der Waals surface area contributed by atoms with E-state index < -0.39 is 0 Å². The molecule has 0 saturated carbocycles. The third-order valence-electron chi connectivity index (χ3n) is 1.39. The van der Waals surface area contributed by atoms with E-state index in [9.17, 15) is 0 Å². The molecule has 0 aromatic carbocycles. The van der Waals surface area contributed by atoms with Crippen LogP contribution in [0.25, 0.3) is 0 Å². The molecule has 0 spiro atoms. The zero-order valence-electron chi connectivity index (χ0n) is 6.39. The van der Waals surface area contributed by atoms with E-state index in [-0.39, 0.29) is 15.8 Å². The maximum absolute atomic E-state index is 3.77. The number of allylic oxidation sites excluding steroid dienone is 2. The first-order valence-corrected chi connectivity index (χ1v) is 4.63. The Morgan fingerprint density at radius 1 is 1.40 bits per heavy atom. The van der Waals surface area contributed by atoms with E-state index >= 15 is 0 Å². The van der Waals surface area contributed by atoms with E-state index in [1.807, 2.05) is 12.2 Å². The summed E-state index contributed by atoms with van der Waals surface area (Å²) in [4.78, 5) is 0. The van der Waals surface area contributed by atoms with Crippen LogP contribution in [0.4, 0.5) is 0 Å². The van der Waals surface area contributed by atoms with Crippen LogP contribution in [0.5, 0.6) is 0 Å². The maximum Gasteiger partial charge on any atom is -0.147 e. The summed E-state index contributed by atoms with van der Waals surface area (Å²) in [6.45, 7) is 9.73. The van der Waals surface area contributed by atoms with Gasteiger partial charge in [-0.25, -0.2) is 0 Å². The molecule has 0 N–H and O–H groups in total. The molecule has 0 rings (SSSR count). The second-order valence-corrected chi connectivity index (χ2v) is 4.86. The van der Waals surface area contributed by atoms with Crippen LogP contribution in [0.2, 0.25) is 3.43 Å². The molecule has 0 fully saturated rings. The summed E-state index contributed by atoms with van der Waals surface area (Å²) < 4.78 is 0.251. The SMILES string of the molecule is C=C[C]([Sn])(C=C)CCC.Cl. The van der Waals surface area contributed by atoms with Crippen LogP contribution < -0.4 is 0 Å². The molecule has 0 bridgehead atoms. The molecule has 10 heavy (non-hydrogen) atoms. The molecule has 0 aromatic heterocycles. The molecule has 0 amide bonds. The van der Waals surface area contributed by atoms with E-state index in [4.69, 9.17) is 0 Å². The van der Waals surface area contributed by atoms with Gasteiger partial charge in [0, 0.05) is 0 Å². The van der Waals surface area contributed by atoms with Crippen molar-refractivity contribution >= 4 is 34.9 Å². The van der Waals surface area contributed by atoms with E-state index in [2.05, 4.69) is 20.1 Å². The van der Waals surface area contributed by atoms with Crippen LogP contribution >= 0.6 is 12.4 Å². The van der Waals surface area contributed by atoms with Crippen molar-refractivity contribution in [3.05, 3.63) is 25.3 Å². The molecule has 0 aliphatic heterocycles. The van der Waals surface area contributed by atoms with Crippen LogP contribution in [-0.2, 0) is 0 Å². The Morgan fingerprint density at radius 3 is 1.90 bits per heavy atom. The van der Waals surface area contributed by atoms with Gasteiger partial charge in [-0.3, -0.25) is 0 Å². The number of halogens is 1. The fourth-order valence-electron chi connectivity index (χ4n) is 0.701. The van der Waals surface area contributed by atoms with Crippen LogP contribution in [0, 0.1) is 0 Å². The van der Waals surface area contributed by atoms with Crippen molar-refractivity contribution in [2.45, 2.75) is 23.2 Å². The summed E-state index contributed by atoms with van der Waals surface area (Å²) in [7, 11) is 0. The summed E-state index contributed by atoms with van der Waals surface area (Å²) >= 11 is 1.50. The van der Waals surface area contributed by atoms with Crippen molar-refractivity contribution in [3.8, 4) is 0 Å². The van der Waals surface area contributed by atoms with Gasteiger partial charge in [0.1, 0.15) is 0 Å². The van der Waals surface area contributed by atoms with E-state index in [0.717, 1.165) is 0 Å². The van der Waals surface area contributed by atoms with Crippen LogP contribution in [0.1, 0.15) is 19.8 Å². The molecule has 0 nitrogen and oxygen atoms in total. The minimum absolute atomic E-state index is 0. The molecule has 0 aliphatic carbocycles. The Hall–Kier alpha value is 0.569. The molecule has 0 atom stereocenters. The van der Waals surface area contributed by atoms with Gasteiger partial charge < -0.3 is 0 Å². The predicted octanol–water partition coefficient (Wildman–Crippen LogP) is 2.91. The normalized spacial score (nSPS) is 9.80. The molecule has 3 radical (unpaired) electrons. The molecule has 0 aromatic rings. The molecule has 0 heterocycles. The molecular formula is C8H14ClSn. The van der Waals surface area contributed by atoms with Crippen molar-refractivity contribution in [2.75, 3.05) is 0 Å². The van der Waals surface area contributed by atoms with Gasteiger partial charge in [-0.15, -0.1) is 12.4 Å². The van der Waals surface area contributed by atoms with Crippen LogP contribution in [-0.4, -0.2) is 22.5 Å². The standard InChI is InChI=1S/C8H13.ClH.Sn/c1-4-7-8(5-2)6-3;;/h5-6H,2-4,7H2,1H3;1H;. The van der Waals surface area contributed by atoms with E-state index in [0.29, 0.717) is 0 Å². The summed E-state index contributed by atoms with van der Waals surface area (Å²) in [6.07, 6.45) is 6.41. The molecule has 0 unspecified atom stereocenters. The second kappa shape index (κ2) is 6.29. The van der Waals surface area contributed by atoms with Crippen LogP contribution in [0.15, 0.2) is 25.3 Å². The van der Waals surface area contributed by atoms with E-state index in [1.165, 1.54) is 35.4 Å². The average molecular weight is 264 g/mol. The van der Waals surface area contributed by atoms with Gasteiger partial charge in [-0.05, 0) is 0 Å². The summed E-state index contributed by atoms with van der Waals surface area (Å²) in [5.41, 5.74) is 0. The predicted molar refractivity (Wildman–Crippen MR) is 51.0 cm³/mol. The van der Waals surface area contributed by atoms with Crippen molar-refractivity contribution in [3.63, 3.8) is 0 Å². The van der Waals surface area contributed by atoms with Gasteiger partial charge in [0.2, 0.25) is 0 Å². The van der Waals surface area contributed by atoms with Gasteiger partial charge in [0.25, 0.3) is 0 Å². The monoisotopic (exact) mass is 265 g/mol. The summed E-state index contributed by atoms with van der Waals surface area (Å²) in [5, 5.41) is 0. The Balaban J connectivity index is 0. The van der Waals surface area contributed by atoms with Gasteiger partial charge >= 0.3 is 71.0 Å². The van der Waals surface area contributed by atoms with Gasteiger partial charge in [-0.2, -0.15) is 0 Å². The largest absolute Gasteiger partial charge is 0.147 e. The Labute approximate surface area is 83.3 Å². The van der Waals surface area contributed by atoms with Crippen molar-refractivity contribution < 1.29 is 0 Å². The van der Waals surface area contributed by atoms with Crippen molar-refractivity contribution in [2.24, 2.45) is 0 Å². The molecule has 57 valence electrons. The third-order valence-corrected chi connectivity index (χ3v) is 3.27. The number of rotatable bonds is 4. The topological polar surface area (TPSA) is 0 Å². The van der Waals surface area contributed by atoms with Gasteiger partial charge in [0.05, 0.1) is 0 Å². The first kappa shape index (κ1) is 13.2. The Morgan fingerprint density at radius 2 is 1.80 bits per heavy atom. The second-order valence-electron chi connectivity index (χ2n) is 2.20. The zero-order chi connectivity index (χ0) is 7.33. The minimum Gasteiger partial charge on any atom is -0.147 e. The minimum atomic E-state index is 0. The molecule has 0 aliphatic rings. The average Bonchev–Trinajstić information content (AvgIpc) is 1.89. The summed E-state index contributed by atoms with van der Waals surface area (Å²) in [5.74, 6) is 0. The fraction of sp³-hybridized carbons (Fsp3) is 0.500. The molecular weight excluding hydrogens is 250 g/mol. The maximum atomic E-state index is 3.77. The zero-order valence-corrected chi connectivity index (χ0v) is 10.1.